The van der Waals surface area contributed by atoms with Crippen LogP contribution in [0.2, 0.25) is 5.02 Å². The Hall–Kier alpha value is -1.82. The Bertz CT molecular complexity index is 694. The van der Waals surface area contributed by atoms with E-state index >= 15 is 0 Å². The number of benzene rings is 1. The van der Waals surface area contributed by atoms with Crippen LogP contribution in [0, 0.1) is 0 Å². The molecule has 0 bridgehead atoms. The summed E-state index contributed by atoms with van der Waals surface area (Å²) in [6, 6.07) is 9.10. The van der Waals surface area contributed by atoms with Gasteiger partial charge >= 0.3 is 0 Å². The highest BCUT2D eigenvalue weighted by molar-refractivity contribution is 6.30. The van der Waals surface area contributed by atoms with Crippen LogP contribution in [-0.4, -0.2) is 35.7 Å². The molecule has 1 amide bonds. The molecule has 2 aromatic rings. The smallest absolute Gasteiger partial charge is 0.269 e. The molecule has 3 rings (SSSR count). The van der Waals surface area contributed by atoms with Crippen molar-refractivity contribution in [2.75, 3.05) is 19.6 Å². The molecule has 0 saturated carbocycles. The van der Waals surface area contributed by atoms with E-state index in [0.717, 1.165) is 30.8 Å². The van der Waals surface area contributed by atoms with E-state index in [-0.39, 0.29) is 18.3 Å². The van der Waals surface area contributed by atoms with E-state index in [4.69, 9.17) is 11.6 Å². The summed E-state index contributed by atoms with van der Waals surface area (Å²) in [5.74, 6) is -0.146. The van der Waals surface area contributed by atoms with Crippen LogP contribution < -0.4 is 10.6 Å². The number of halogens is 2. The quantitative estimate of drug-likeness (QED) is 0.741. The molecule has 0 saturated heterocycles. The van der Waals surface area contributed by atoms with Crippen molar-refractivity contribution in [3.63, 3.8) is 0 Å². The van der Waals surface area contributed by atoms with Gasteiger partial charge in [0.05, 0.1) is 5.69 Å². The Labute approximate surface area is 145 Å². The number of nitrogens with one attached hydrogen (secondary N) is 3. The number of carbonyl (C=O) groups excluding carboxylic acids is 1. The third-order valence-corrected chi connectivity index (χ3v) is 3.85. The molecular formula is C16H18Cl2N4O. The Morgan fingerprint density at radius 2 is 2.09 bits per heavy atom. The summed E-state index contributed by atoms with van der Waals surface area (Å²) in [5.41, 5.74) is 3.35. The summed E-state index contributed by atoms with van der Waals surface area (Å²) >= 11 is 5.87. The third-order valence-electron chi connectivity index (χ3n) is 3.60. The van der Waals surface area contributed by atoms with Crippen molar-refractivity contribution < 1.29 is 4.79 Å². The number of rotatable bonds is 4. The minimum absolute atomic E-state index is 0. The Morgan fingerprint density at radius 3 is 2.78 bits per heavy atom. The Morgan fingerprint density at radius 1 is 1.30 bits per heavy atom. The molecule has 0 atom stereocenters. The van der Waals surface area contributed by atoms with Crippen molar-refractivity contribution in [1.82, 2.24) is 20.8 Å². The molecule has 1 aromatic carbocycles. The van der Waals surface area contributed by atoms with Crippen LogP contribution in [-0.2, 0) is 0 Å². The molecule has 0 unspecified atom stereocenters. The van der Waals surface area contributed by atoms with Crippen LogP contribution in [0.4, 0.5) is 0 Å². The van der Waals surface area contributed by atoms with Gasteiger partial charge in [-0.05, 0) is 31.2 Å². The molecule has 1 aliphatic rings. The van der Waals surface area contributed by atoms with Gasteiger partial charge in [0.15, 0.2) is 0 Å². The minimum Gasteiger partial charge on any atom is -0.347 e. The summed E-state index contributed by atoms with van der Waals surface area (Å²) in [7, 11) is 0. The van der Waals surface area contributed by atoms with Gasteiger partial charge in [-0.2, -0.15) is 5.10 Å². The van der Waals surface area contributed by atoms with Crippen LogP contribution in [0.15, 0.2) is 42.0 Å². The van der Waals surface area contributed by atoms with E-state index in [1.807, 2.05) is 12.1 Å². The Balaban J connectivity index is 0.00000192. The fourth-order valence-electron chi connectivity index (χ4n) is 2.33. The largest absolute Gasteiger partial charge is 0.347 e. The monoisotopic (exact) mass is 352 g/mol. The average molecular weight is 353 g/mol. The summed E-state index contributed by atoms with van der Waals surface area (Å²) in [5, 5.41) is 13.8. The van der Waals surface area contributed by atoms with Gasteiger partial charge in [-0.1, -0.05) is 35.4 Å². The van der Waals surface area contributed by atoms with Gasteiger partial charge in [0, 0.05) is 23.7 Å². The molecule has 7 heteroatoms. The second kappa shape index (κ2) is 8.15. The fraction of sp³-hybridized carbons (Fsp3) is 0.250. The van der Waals surface area contributed by atoms with E-state index in [2.05, 4.69) is 26.9 Å². The Kier molecular flexibility index (Phi) is 6.21. The van der Waals surface area contributed by atoms with Gasteiger partial charge in [-0.15, -0.1) is 12.4 Å². The predicted octanol–water partition coefficient (Wildman–Crippen LogP) is 2.80. The molecule has 1 aliphatic heterocycles. The van der Waals surface area contributed by atoms with Crippen molar-refractivity contribution >= 4 is 29.9 Å². The molecule has 0 aliphatic carbocycles. The summed E-state index contributed by atoms with van der Waals surface area (Å²) in [6.45, 7) is 2.41. The van der Waals surface area contributed by atoms with Crippen LogP contribution in [0.25, 0.3) is 11.3 Å². The zero-order valence-corrected chi connectivity index (χ0v) is 14.0. The highest BCUT2D eigenvalue weighted by Gasteiger charge is 2.12. The number of carbonyl (C=O) groups is 1. The number of aromatic amines is 1. The summed E-state index contributed by atoms with van der Waals surface area (Å²) in [4.78, 5) is 12.1. The lowest BCUT2D eigenvalue weighted by molar-refractivity contribution is 0.0951. The predicted molar refractivity (Wildman–Crippen MR) is 94.2 cm³/mol. The topological polar surface area (TPSA) is 69.8 Å². The SMILES string of the molecule is Cl.O=C(NCC1=CCNCC1)c1cc(-c2ccc(Cl)cc2)n[nH]1. The van der Waals surface area contributed by atoms with Crippen molar-refractivity contribution in [2.24, 2.45) is 0 Å². The summed E-state index contributed by atoms with van der Waals surface area (Å²) in [6.07, 6.45) is 3.09. The van der Waals surface area contributed by atoms with Crippen LogP contribution in [0.3, 0.4) is 0 Å². The maximum atomic E-state index is 12.1. The normalized spacial score (nSPS) is 13.9. The second-order valence-corrected chi connectivity index (χ2v) is 5.61. The minimum atomic E-state index is -0.146. The molecule has 1 aromatic heterocycles. The lowest BCUT2D eigenvalue weighted by atomic mass is 10.1. The highest BCUT2D eigenvalue weighted by Crippen LogP contribution is 2.20. The molecule has 2 heterocycles. The first kappa shape index (κ1) is 17.5. The fourth-order valence-corrected chi connectivity index (χ4v) is 2.45. The average Bonchev–Trinajstić information content (AvgIpc) is 3.04. The molecule has 122 valence electrons. The highest BCUT2D eigenvalue weighted by atomic mass is 35.5. The van der Waals surface area contributed by atoms with E-state index in [9.17, 15) is 4.79 Å². The maximum Gasteiger partial charge on any atom is 0.269 e. The number of nitrogens with zero attached hydrogens (tertiary/aromatic N) is 1. The maximum absolute atomic E-state index is 12.1. The van der Waals surface area contributed by atoms with Crippen LogP contribution >= 0.6 is 24.0 Å². The van der Waals surface area contributed by atoms with E-state index in [1.165, 1.54) is 5.57 Å². The molecule has 5 nitrogen and oxygen atoms in total. The summed E-state index contributed by atoms with van der Waals surface area (Å²) < 4.78 is 0. The molecule has 3 N–H and O–H groups in total. The van der Waals surface area contributed by atoms with Crippen LogP contribution in [0.1, 0.15) is 16.9 Å². The first-order valence-corrected chi connectivity index (χ1v) is 7.58. The van der Waals surface area contributed by atoms with Gasteiger partial charge in [0.1, 0.15) is 5.69 Å². The van der Waals surface area contributed by atoms with Crippen molar-refractivity contribution in [3.8, 4) is 11.3 Å². The second-order valence-electron chi connectivity index (χ2n) is 5.17. The lowest BCUT2D eigenvalue weighted by Crippen LogP contribution is -2.29. The van der Waals surface area contributed by atoms with Gasteiger partial charge in [0.2, 0.25) is 0 Å². The van der Waals surface area contributed by atoms with Crippen molar-refractivity contribution in [2.45, 2.75) is 6.42 Å². The van der Waals surface area contributed by atoms with Crippen LogP contribution in [0.5, 0.6) is 0 Å². The molecule has 0 fully saturated rings. The number of H-pyrrole nitrogens is 1. The van der Waals surface area contributed by atoms with Crippen molar-refractivity contribution in [3.05, 3.63) is 52.7 Å². The molecule has 0 spiro atoms. The number of aromatic nitrogens is 2. The number of hydrogen-bond acceptors (Lipinski definition) is 3. The van der Waals surface area contributed by atoms with Crippen molar-refractivity contribution in [1.29, 1.82) is 0 Å². The first-order valence-electron chi connectivity index (χ1n) is 7.20. The molecule has 0 radical (unpaired) electrons. The van der Waals surface area contributed by atoms with Gasteiger partial charge in [-0.3, -0.25) is 9.89 Å². The molecular weight excluding hydrogens is 335 g/mol. The molecule has 23 heavy (non-hydrogen) atoms. The van der Waals surface area contributed by atoms with E-state index in [0.29, 0.717) is 17.3 Å². The lowest BCUT2D eigenvalue weighted by Gasteiger charge is -2.14. The first-order chi connectivity index (χ1) is 10.7. The zero-order valence-electron chi connectivity index (χ0n) is 12.4. The standard InChI is InChI=1S/C16H17ClN4O.ClH/c17-13-3-1-12(2-4-13)14-9-15(21-20-14)16(22)19-10-11-5-7-18-8-6-11;/h1-5,9,18H,6-8,10H2,(H,19,22)(H,20,21);1H. The number of amides is 1. The zero-order chi connectivity index (χ0) is 15.4. The van der Waals surface area contributed by atoms with Gasteiger partial charge in [-0.25, -0.2) is 0 Å². The van der Waals surface area contributed by atoms with E-state index in [1.54, 1.807) is 18.2 Å². The third kappa shape index (κ3) is 4.58. The van der Waals surface area contributed by atoms with Gasteiger partial charge in [0.25, 0.3) is 5.91 Å². The van der Waals surface area contributed by atoms with E-state index < -0.39 is 0 Å². The van der Waals surface area contributed by atoms with Gasteiger partial charge < -0.3 is 10.6 Å². The number of hydrogen-bond donors (Lipinski definition) is 3.